The van der Waals surface area contributed by atoms with Gasteiger partial charge in [-0.05, 0) is 17.9 Å². The van der Waals surface area contributed by atoms with Crippen LogP contribution in [0.3, 0.4) is 0 Å². The average molecular weight is 631 g/mol. The van der Waals surface area contributed by atoms with Crippen LogP contribution in [0.2, 0.25) is 0 Å². The topological polar surface area (TPSA) is 0 Å². The van der Waals surface area contributed by atoms with Gasteiger partial charge in [-0.25, -0.2) is 0 Å². The summed E-state index contributed by atoms with van der Waals surface area (Å²) in [4.78, 5) is 0. The van der Waals surface area contributed by atoms with Crippen LogP contribution in [-0.4, -0.2) is 9.52 Å². The van der Waals surface area contributed by atoms with Crippen LogP contribution in [0.5, 0.6) is 0 Å². The molecule has 190 valence electrons. The fourth-order valence-electron chi connectivity index (χ4n) is 5.02. The molecule has 0 nitrogen and oxygen atoms in total. The molecule has 1 aliphatic heterocycles. The third-order valence-corrected chi connectivity index (χ3v) is 8.46. The molecule has 0 fully saturated rings. The van der Waals surface area contributed by atoms with E-state index in [1.807, 2.05) is 6.07 Å². The smallest absolute Gasteiger partial charge is 1.00 e. The Hall–Kier alpha value is -1.83. The molecule has 5 aromatic rings. The third-order valence-electron chi connectivity index (χ3n) is 7.09. The number of benzene rings is 4. The monoisotopic (exact) mass is 628 g/mol. The third kappa shape index (κ3) is 6.83. The largest absolute Gasteiger partial charge is 4.00 e. The van der Waals surface area contributed by atoms with Gasteiger partial charge in [0, 0.05) is 0 Å². The van der Waals surface area contributed by atoms with E-state index in [0.717, 1.165) is 15.9 Å². The molecule has 38 heavy (non-hydrogen) atoms. The summed E-state index contributed by atoms with van der Waals surface area (Å²) >= 11 is 0. The van der Waals surface area contributed by atoms with Crippen molar-refractivity contribution in [3.63, 3.8) is 0 Å². The van der Waals surface area contributed by atoms with Crippen molar-refractivity contribution in [2.24, 2.45) is 0 Å². The first kappa shape index (κ1) is 32.4. The Bertz CT molecular complexity index is 1400. The first-order chi connectivity index (χ1) is 17.2. The normalized spacial score (nSPS) is 11.6. The number of rotatable bonds is 5. The molecule has 2 radical (unpaired) electrons. The van der Waals surface area contributed by atoms with Crippen LogP contribution in [0.15, 0.2) is 97.1 Å². The predicted octanol–water partition coefficient (Wildman–Crippen LogP) is 1.82. The van der Waals surface area contributed by atoms with Crippen molar-refractivity contribution in [3.05, 3.63) is 114 Å². The van der Waals surface area contributed by atoms with Crippen molar-refractivity contribution in [3.8, 4) is 22.3 Å². The molecule has 0 bridgehead atoms. The summed E-state index contributed by atoms with van der Waals surface area (Å²) in [6.07, 6.45) is 3.52. The molecule has 0 saturated heterocycles. The van der Waals surface area contributed by atoms with Crippen LogP contribution in [0.25, 0.3) is 33.0 Å². The van der Waals surface area contributed by atoms with Gasteiger partial charge < -0.3 is 24.8 Å². The Morgan fingerprint density at radius 1 is 0.842 bits per heavy atom. The molecule has 0 saturated carbocycles. The molecule has 0 amide bonds. The summed E-state index contributed by atoms with van der Waals surface area (Å²) in [6.45, 7) is 6.85. The van der Waals surface area contributed by atoms with Crippen molar-refractivity contribution in [1.29, 1.82) is 0 Å². The first-order valence-corrected chi connectivity index (χ1v) is 13.8. The van der Waals surface area contributed by atoms with Gasteiger partial charge in [0.1, 0.15) is 0 Å². The van der Waals surface area contributed by atoms with E-state index >= 15 is 0 Å². The summed E-state index contributed by atoms with van der Waals surface area (Å²) < 4.78 is 0. The maximum absolute atomic E-state index is 3.31. The molecule has 5 aromatic carbocycles. The van der Waals surface area contributed by atoms with Crippen LogP contribution in [0.4, 0.5) is 0 Å². The maximum atomic E-state index is 3.31. The Morgan fingerprint density at radius 3 is 2.29 bits per heavy atom. The number of halogens is 2. The molecule has 1 heterocycles. The second-order valence-corrected chi connectivity index (χ2v) is 10.7. The zero-order valence-corrected chi connectivity index (χ0v) is 27.2. The maximum Gasteiger partial charge on any atom is 4.00 e. The summed E-state index contributed by atoms with van der Waals surface area (Å²) in [6, 6.07) is 38.5. The molecular formula is C34H32Cl2SiZr. The van der Waals surface area contributed by atoms with Crippen LogP contribution in [0, 0.1) is 6.07 Å². The van der Waals surface area contributed by atoms with Gasteiger partial charge >= 0.3 is 26.2 Å². The van der Waals surface area contributed by atoms with Crippen LogP contribution >= 0.6 is 0 Å². The molecule has 1 unspecified atom stereocenters. The predicted molar refractivity (Wildman–Crippen MR) is 153 cm³/mol. The molecule has 0 spiro atoms. The van der Waals surface area contributed by atoms with Crippen molar-refractivity contribution >= 4 is 30.7 Å². The number of hydrogen-bond acceptors (Lipinski definition) is 0. The summed E-state index contributed by atoms with van der Waals surface area (Å²) in [5, 5.41) is 5.63. The minimum atomic E-state index is 0. The molecule has 0 aliphatic carbocycles. The number of hydrogen-bond donors (Lipinski definition) is 0. The van der Waals surface area contributed by atoms with Gasteiger partial charge in [0.25, 0.3) is 0 Å². The molecule has 0 N–H and O–H groups in total. The minimum absolute atomic E-state index is 0. The SMILES string of the molecule is CCCc1ccc2[cH-]c(C(C)CC)cc2c1-c1ccccc1.[Cl-].[Cl-].[Zr+4].[c-]1cccc2c1[Si]c1ccccc1-2. The van der Waals surface area contributed by atoms with Gasteiger partial charge in [-0.2, -0.15) is 35.5 Å². The van der Waals surface area contributed by atoms with Crippen molar-refractivity contribution < 1.29 is 51.0 Å². The zero-order valence-electron chi connectivity index (χ0n) is 22.2. The van der Waals surface area contributed by atoms with Crippen molar-refractivity contribution in [1.82, 2.24) is 0 Å². The van der Waals surface area contributed by atoms with Gasteiger partial charge in [-0.1, -0.05) is 110 Å². The van der Waals surface area contributed by atoms with E-state index in [-0.39, 0.29) is 51.0 Å². The van der Waals surface area contributed by atoms with Gasteiger partial charge in [-0.15, -0.1) is 40.1 Å². The second kappa shape index (κ2) is 15.1. The van der Waals surface area contributed by atoms with Gasteiger partial charge in [0.2, 0.25) is 0 Å². The van der Waals surface area contributed by atoms with E-state index in [0.29, 0.717) is 5.92 Å². The van der Waals surface area contributed by atoms with E-state index in [2.05, 4.69) is 118 Å². The number of aryl methyl sites for hydroxylation is 1. The van der Waals surface area contributed by atoms with Gasteiger partial charge in [0.05, 0.1) is 9.52 Å². The minimum Gasteiger partial charge on any atom is -1.00 e. The van der Waals surface area contributed by atoms with E-state index in [1.54, 1.807) is 0 Å². The summed E-state index contributed by atoms with van der Waals surface area (Å²) in [7, 11) is 0.795. The Balaban J connectivity index is 0.000000273. The Morgan fingerprint density at radius 2 is 1.55 bits per heavy atom. The van der Waals surface area contributed by atoms with Crippen LogP contribution in [0.1, 0.15) is 50.7 Å². The van der Waals surface area contributed by atoms with E-state index in [4.69, 9.17) is 0 Å². The fourth-order valence-corrected chi connectivity index (χ4v) is 6.33. The van der Waals surface area contributed by atoms with E-state index in [9.17, 15) is 0 Å². The summed E-state index contributed by atoms with van der Waals surface area (Å²) in [5.41, 5.74) is 8.50. The Labute approximate surface area is 262 Å². The quantitative estimate of drug-likeness (QED) is 0.202. The van der Waals surface area contributed by atoms with E-state index in [1.165, 1.54) is 67.4 Å². The first-order valence-electron chi connectivity index (χ1n) is 12.8. The molecule has 1 aliphatic rings. The standard InChI is InChI=1S/C22H25.C12H7Si.2ClH.Zr/c1-4-9-17-12-13-19-14-20(16(3)5-2)15-21(19)22(17)18-10-7-6-8-11-18;1-3-7-11-9(5-1)10-6-2-4-8-12(10)13-11;;;/h6-8,10-16H,4-5,9H2,1-3H3;1-7H;2*1H;/q2*-1;;;+4/p-2. The van der Waals surface area contributed by atoms with Gasteiger partial charge in [-0.3, -0.25) is 0 Å². The van der Waals surface area contributed by atoms with Crippen molar-refractivity contribution in [2.75, 3.05) is 0 Å². The van der Waals surface area contributed by atoms with Crippen LogP contribution in [-0.2, 0) is 32.6 Å². The average Bonchev–Trinajstić information content (AvgIpc) is 3.51. The van der Waals surface area contributed by atoms with E-state index < -0.39 is 0 Å². The molecular weight excluding hydrogens is 599 g/mol. The zero-order chi connectivity index (χ0) is 24.2. The molecule has 6 rings (SSSR count). The Kier molecular flexibility index (Phi) is 12.9. The fraction of sp³-hybridized carbons (Fsp3) is 0.206. The molecule has 0 aromatic heterocycles. The van der Waals surface area contributed by atoms with Crippen molar-refractivity contribution in [2.45, 2.75) is 46.0 Å². The number of fused-ring (bicyclic) bond motifs is 4. The van der Waals surface area contributed by atoms with Gasteiger partial charge in [0.15, 0.2) is 0 Å². The second-order valence-electron chi connectivity index (χ2n) is 9.45. The molecule has 4 heteroatoms. The molecule has 1 atom stereocenters. The van der Waals surface area contributed by atoms with Crippen LogP contribution < -0.4 is 35.2 Å². The summed E-state index contributed by atoms with van der Waals surface area (Å²) in [5.74, 6) is 0.630.